The van der Waals surface area contributed by atoms with Gasteiger partial charge in [-0.25, -0.2) is 9.98 Å². The van der Waals surface area contributed by atoms with Crippen molar-refractivity contribution in [3.05, 3.63) is 73.5 Å². The Morgan fingerprint density at radius 1 is 1.09 bits per heavy atom. The lowest BCUT2D eigenvalue weighted by Gasteiger charge is -2.38. The number of nitrogens with one attached hydrogen (secondary N) is 1. The number of allylic oxidation sites excluding steroid dienone is 1. The molecule has 5 aliphatic rings. The van der Waals surface area contributed by atoms with Crippen LogP contribution >= 0.6 is 46.6 Å². The first-order chi connectivity index (χ1) is 21.4. The van der Waals surface area contributed by atoms with Gasteiger partial charge in [-0.05, 0) is 81.0 Å². The van der Waals surface area contributed by atoms with E-state index in [1.807, 2.05) is 28.0 Å². The van der Waals surface area contributed by atoms with Crippen molar-refractivity contribution < 1.29 is 9.59 Å². The van der Waals surface area contributed by atoms with Crippen LogP contribution in [0.2, 0.25) is 15.2 Å². The van der Waals surface area contributed by atoms with Crippen molar-refractivity contribution in [2.75, 3.05) is 19.6 Å². The van der Waals surface area contributed by atoms with E-state index >= 15 is 0 Å². The highest BCUT2D eigenvalue weighted by Crippen LogP contribution is 2.57. The number of hydrogen-bond donors (Lipinski definition) is 1. The fourth-order valence-corrected chi connectivity index (χ4v) is 9.29. The molecule has 12 heteroatoms. The number of halogens is 3. The lowest BCUT2D eigenvalue weighted by molar-refractivity contribution is -0.144. The van der Waals surface area contributed by atoms with Crippen LogP contribution in [0.4, 0.5) is 0 Å². The first-order valence-corrected chi connectivity index (χ1v) is 17.6. The number of hydrogen-bond acceptors (Lipinski definition) is 7. The minimum absolute atomic E-state index is 0.00457. The molecule has 0 radical (unpaired) electrons. The van der Waals surface area contributed by atoms with Gasteiger partial charge in [-0.1, -0.05) is 60.8 Å². The molecule has 4 aliphatic heterocycles. The molecule has 1 saturated carbocycles. The largest absolute Gasteiger partial charge is 0.338 e. The Bertz CT molecular complexity index is 1630. The van der Waals surface area contributed by atoms with E-state index in [4.69, 9.17) is 39.8 Å². The van der Waals surface area contributed by atoms with Gasteiger partial charge in [-0.15, -0.1) is 0 Å². The molecule has 8 nitrogen and oxygen atoms in total. The Hall–Kier alpha value is -2.30. The third-order valence-corrected chi connectivity index (χ3v) is 12.1. The van der Waals surface area contributed by atoms with Crippen molar-refractivity contribution in [2.24, 2.45) is 10.9 Å². The third-order valence-electron chi connectivity index (χ3n) is 10.1. The van der Waals surface area contributed by atoms with Gasteiger partial charge in [0.1, 0.15) is 21.6 Å². The maximum atomic E-state index is 14.7. The number of nitrogens with zero attached hydrogens (tertiary/aromatic N) is 5. The average Bonchev–Trinajstić information content (AvgIpc) is 3.33. The topological polar surface area (TPSA) is 81.1 Å². The molecule has 7 rings (SSSR count). The predicted molar refractivity (Wildman–Crippen MR) is 180 cm³/mol. The average molecular weight is 688 g/mol. The van der Waals surface area contributed by atoms with Crippen LogP contribution in [0, 0.1) is 5.92 Å². The fourth-order valence-electron chi connectivity index (χ4n) is 7.52. The molecule has 1 spiro atoms. The van der Waals surface area contributed by atoms with Crippen molar-refractivity contribution in [3.8, 4) is 0 Å². The molecule has 1 aromatic heterocycles. The molecular weight excluding hydrogens is 651 g/mol. The maximum absolute atomic E-state index is 14.7. The van der Waals surface area contributed by atoms with Gasteiger partial charge in [0.2, 0.25) is 5.91 Å². The smallest absolute Gasteiger partial charge is 0.263 e. The van der Waals surface area contributed by atoms with Crippen LogP contribution in [0.5, 0.6) is 0 Å². The normalized spacial score (nSPS) is 28.8. The van der Waals surface area contributed by atoms with Crippen LogP contribution in [0.25, 0.3) is 0 Å². The van der Waals surface area contributed by atoms with Gasteiger partial charge in [-0.3, -0.25) is 9.59 Å². The van der Waals surface area contributed by atoms with Crippen LogP contribution in [-0.2, 0) is 15.1 Å². The van der Waals surface area contributed by atoms with Crippen LogP contribution < -0.4 is 5.32 Å². The number of piperazine rings is 1. The maximum Gasteiger partial charge on any atom is 0.263 e. The van der Waals surface area contributed by atoms with Gasteiger partial charge in [-0.2, -0.15) is 0 Å². The second-order valence-electron chi connectivity index (χ2n) is 13.5. The van der Waals surface area contributed by atoms with E-state index in [0.717, 1.165) is 54.3 Å². The summed E-state index contributed by atoms with van der Waals surface area (Å²) in [6.07, 6.45) is 5.44. The highest BCUT2D eigenvalue weighted by molar-refractivity contribution is 8.18. The van der Waals surface area contributed by atoms with Crippen molar-refractivity contribution >= 4 is 63.5 Å². The zero-order valence-corrected chi connectivity index (χ0v) is 28.9. The summed E-state index contributed by atoms with van der Waals surface area (Å²) in [6, 6.07) is 8.54. The molecule has 2 saturated heterocycles. The van der Waals surface area contributed by atoms with E-state index in [1.165, 1.54) is 11.8 Å². The molecule has 4 atom stereocenters. The van der Waals surface area contributed by atoms with Crippen molar-refractivity contribution in [1.29, 1.82) is 0 Å². The lowest BCUT2D eigenvalue weighted by Crippen LogP contribution is -2.58. The van der Waals surface area contributed by atoms with Crippen LogP contribution in [0.15, 0.2) is 52.1 Å². The SMILES string of the molecule is CC(C)C1=C(C(=O)N2[C@H](C)CC[C@H]2C(=O)N2CCNC3(CC3)C2)SC2=N[C@@](C)(c3ccc(Cl)nc3)[C@@H](c3ccc(Cl)c(Cl)c3)N21. The number of aromatic nitrogens is 1. The Kier molecular flexibility index (Phi) is 7.96. The van der Waals surface area contributed by atoms with Gasteiger partial charge in [0, 0.05) is 48.7 Å². The predicted octanol–water partition coefficient (Wildman–Crippen LogP) is 6.63. The lowest BCUT2D eigenvalue weighted by atomic mass is 9.81. The Morgan fingerprint density at radius 2 is 1.87 bits per heavy atom. The molecule has 3 fully saturated rings. The number of pyridine rings is 1. The van der Waals surface area contributed by atoms with Gasteiger partial charge in [0.05, 0.1) is 16.1 Å². The highest BCUT2D eigenvalue weighted by Gasteiger charge is 2.55. The molecule has 238 valence electrons. The van der Waals surface area contributed by atoms with Gasteiger partial charge in [0.25, 0.3) is 5.91 Å². The molecule has 0 unspecified atom stereocenters. The summed E-state index contributed by atoms with van der Waals surface area (Å²) in [5, 5.41) is 5.65. The number of carbonyl (C=O) groups is 2. The highest BCUT2D eigenvalue weighted by atomic mass is 35.5. The first kappa shape index (κ1) is 31.3. The molecule has 2 aromatic rings. The van der Waals surface area contributed by atoms with E-state index < -0.39 is 11.6 Å². The summed E-state index contributed by atoms with van der Waals surface area (Å²) in [5.41, 5.74) is 2.03. The number of benzene rings is 1. The summed E-state index contributed by atoms with van der Waals surface area (Å²) in [7, 11) is 0. The number of amidine groups is 1. The van der Waals surface area contributed by atoms with E-state index in [0.29, 0.717) is 33.1 Å². The Labute approximate surface area is 283 Å². The minimum Gasteiger partial charge on any atom is -0.338 e. The number of amides is 2. The molecule has 5 heterocycles. The summed E-state index contributed by atoms with van der Waals surface area (Å²) in [6.45, 7) is 10.5. The first-order valence-electron chi connectivity index (χ1n) is 15.7. The minimum atomic E-state index is -0.758. The van der Waals surface area contributed by atoms with Gasteiger partial charge < -0.3 is 20.0 Å². The quantitative estimate of drug-likeness (QED) is 0.356. The van der Waals surface area contributed by atoms with Crippen LogP contribution in [-0.4, -0.2) is 73.9 Å². The fraction of sp³-hybridized carbons (Fsp3) is 0.515. The van der Waals surface area contributed by atoms with Crippen molar-refractivity contribution in [2.45, 2.75) is 82.6 Å². The van der Waals surface area contributed by atoms with E-state index in [-0.39, 0.29) is 35.4 Å². The molecule has 45 heavy (non-hydrogen) atoms. The van der Waals surface area contributed by atoms with Crippen molar-refractivity contribution in [3.63, 3.8) is 0 Å². The van der Waals surface area contributed by atoms with E-state index in [1.54, 1.807) is 18.3 Å². The number of likely N-dealkylation sites (tertiary alicyclic amines) is 1. The zero-order valence-electron chi connectivity index (χ0n) is 25.8. The molecule has 2 amide bonds. The number of aliphatic imine (C=N–C) groups is 1. The summed E-state index contributed by atoms with van der Waals surface area (Å²) >= 11 is 20.5. The van der Waals surface area contributed by atoms with Crippen LogP contribution in [0.1, 0.15) is 70.5 Å². The Morgan fingerprint density at radius 3 is 2.53 bits per heavy atom. The number of rotatable bonds is 5. The second kappa shape index (κ2) is 11.4. The monoisotopic (exact) mass is 686 g/mol. The number of thioether (sulfide) groups is 1. The summed E-state index contributed by atoms with van der Waals surface area (Å²) in [5.74, 6) is -0.0252. The molecule has 0 bridgehead atoms. The van der Waals surface area contributed by atoms with Gasteiger partial charge >= 0.3 is 0 Å². The molecular formula is C33H37Cl3N6O2S. The Balaban J connectivity index is 1.27. The standard InChI is InChI=1S/C33H37Cl3N6O2S/c1-18(2)26-27(30(44)41-19(3)5-9-24(41)29(43)40-14-13-38-33(17-40)11-12-33)45-31-39-32(4,21-7-10-25(36)37-16-21)28(42(26)31)20-6-8-22(34)23(35)15-20/h6-8,10,15-16,18-19,24,28,38H,5,9,11-14,17H2,1-4H3/t19-,24+,28-,32+/m1/s1. The van der Waals surface area contributed by atoms with Crippen LogP contribution in [0.3, 0.4) is 0 Å². The number of carbonyl (C=O) groups excluding carboxylic acids is 2. The molecule has 1 aromatic carbocycles. The summed E-state index contributed by atoms with van der Waals surface area (Å²) in [4.78, 5) is 45.0. The molecule has 1 N–H and O–H groups in total. The zero-order chi connectivity index (χ0) is 31.8. The van der Waals surface area contributed by atoms with Gasteiger partial charge in [0.15, 0.2) is 5.17 Å². The molecule has 1 aliphatic carbocycles. The number of fused-ring (bicyclic) bond motifs is 1. The van der Waals surface area contributed by atoms with E-state index in [2.05, 4.69) is 42.9 Å². The van der Waals surface area contributed by atoms with E-state index in [9.17, 15) is 9.59 Å². The second-order valence-corrected chi connectivity index (χ2v) is 15.6. The third kappa shape index (κ3) is 5.27. The van der Waals surface area contributed by atoms with Crippen molar-refractivity contribution in [1.82, 2.24) is 25.0 Å². The summed E-state index contributed by atoms with van der Waals surface area (Å²) < 4.78 is 0.